The number of aliphatic hydroxyl groups is 1. The second kappa shape index (κ2) is 20.7. The summed E-state index contributed by atoms with van der Waals surface area (Å²) in [7, 11) is 0. The molecule has 0 aliphatic carbocycles. The number of rotatable bonds is 19. The molecule has 1 heterocycles. The molecule has 0 bridgehead atoms. The predicted octanol–water partition coefficient (Wildman–Crippen LogP) is 5.67. The smallest absolute Gasteiger partial charge is 0.408 e. The van der Waals surface area contributed by atoms with Gasteiger partial charge in [0.1, 0.15) is 18.7 Å². The average molecular weight is 725 g/mol. The minimum Gasteiger partial charge on any atom is -0.465 e. The lowest BCUT2D eigenvalue weighted by Crippen LogP contribution is -2.57. The number of hydrogen-bond acceptors (Lipinski definition) is 8. The molecule has 0 saturated carbocycles. The third-order valence-electron chi connectivity index (χ3n) is 9.02. The van der Waals surface area contributed by atoms with Crippen LogP contribution >= 0.6 is 0 Å². The van der Waals surface area contributed by atoms with Gasteiger partial charge in [-0.15, -0.1) is 0 Å². The van der Waals surface area contributed by atoms with Crippen molar-refractivity contribution in [2.75, 3.05) is 6.61 Å². The number of aliphatic hydroxyl groups excluding tert-OH is 1. The molecule has 0 saturated heterocycles. The van der Waals surface area contributed by atoms with Gasteiger partial charge in [0.15, 0.2) is 0 Å². The van der Waals surface area contributed by atoms with Crippen LogP contribution in [0, 0.1) is 11.8 Å². The summed E-state index contributed by atoms with van der Waals surface area (Å²) in [6.07, 6.45) is 0.631. The third kappa shape index (κ3) is 13.3. The molecule has 3 amide bonds. The summed E-state index contributed by atoms with van der Waals surface area (Å²) in [5, 5.41) is 21.5. The van der Waals surface area contributed by atoms with Crippen molar-refractivity contribution in [1.29, 1.82) is 0 Å². The Hall–Kier alpha value is -5.29. The second-order valence-electron chi connectivity index (χ2n) is 13.9. The highest BCUT2D eigenvalue weighted by Gasteiger charge is 2.32. The first-order chi connectivity index (χ1) is 25.5. The highest BCUT2D eigenvalue weighted by Crippen LogP contribution is 2.20. The van der Waals surface area contributed by atoms with Crippen molar-refractivity contribution < 1.29 is 33.8 Å². The van der Waals surface area contributed by atoms with Crippen LogP contribution in [-0.4, -0.2) is 64.8 Å². The van der Waals surface area contributed by atoms with Crippen molar-refractivity contribution in [2.45, 2.75) is 90.6 Å². The number of benzene rings is 3. The lowest BCUT2D eigenvalue weighted by atomic mass is 9.96. The first kappa shape index (κ1) is 40.5. The zero-order valence-electron chi connectivity index (χ0n) is 31.0. The Labute approximate surface area is 311 Å². The predicted molar refractivity (Wildman–Crippen MR) is 203 cm³/mol. The van der Waals surface area contributed by atoms with E-state index in [1.807, 2.05) is 100 Å². The van der Waals surface area contributed by atoms with E-state index in [0.29, 0.717) is 12.1 Å². The van der Waals surface area contributed by atoms with E-state index in [4.69, 9.17) is 9.47 Å². The standard InChI is InChI=1S/C42H52N4O7/c1-5-29(4)26-52-39(48)25-38(47)35(22-28(2)3)44-41(50)37(24-33-19-11-12-21-43-33)45-40(49)36(46-42(51)53-27-30-14-7-6-8-15-30)23-32-18-13-17-31-16-9-10-20-34(31)32/h6-21,28-29,35-38,47H,5,22-27H2,1-4H3,(H,44,50)(H,45,49)(H,46,51)/t29?,35-,36-,37?,38-/m0/s1. The van der Waals surface area contributed by atoms with Crippen molar-refractivity contribution in [2.24, 2.45) is 11.8 Å². The fourth-order valence-corrected chi connectivity index (χ4v) is 5.84. The minimum atomic E-state index is -1.22. The molecule has 0 aliphatic heterocycles. The average Bonchev–Trinajstić information content (AvgIpc) is 3.16. The molecule has 0 aliphatic rings. The van der Waals surface area contributed by atoms with E-state index >= 15 is 0 Å². The molecule has 0 fully saturated rings. The van der Waals surface area contributed by atoms with Crippen LogP contribution in [0.2, 0.25) is 0 Å². The van der Waals surface area contributed by atoms with Gasteiger partial charge >= 0.3 is 12.1 Å². The number of fused-ring (bicyclic) bond motifs is 1. The molecular weight excluding hydrogens is 672 g/mol. The highest BCUT2D eigenvalue weighted by atomic mass is 16.5. The van der Waals surface area contributed by atoms with Crippen LogP contribution < -0.4 is 16.0 Å². The van der Waals surface area contributed by atoms with Crippen LogP contribution in [0.25, 0.3) is 10.8 Å². The molecule has 11 nitrogen and oxygen atoms in total. The Morgan fingerprint density at radius 1 is 0.755 bits per heavy atom. The van der Waals surface area contributed by atoms with E-state index in [1.165, 1.54) is 0 Å². The Balaban J connectivity index is 1.56. The molecule has 3 aromatic carbocycles. The van der Waals surface area contributed by atoms with E-state index in [0.717, 1.165) is 28.3 Å². The molecule has 282 valence electrons. The van der Waals surface area contributed by atoms with Crippen LogP contribution in [0.1, 0.15) is 63.8 Å². The second-order valence-corrected chi connectivity index (χ2v) is 13.9. The van der Waals surface area contributed by atoms with Crippen molar-refractivity contribution in [3.8, 4) is 0 Å². The molecule has 1 aromatic heterocycles. The van der Waals surface area contributed by atoms with Gasteiger partial charge in [0.2, 0.25) is 11.8 Å². The summed E-state index contributed by atoms with van der Waals surface area (Å²) in [5.74, 6) is -1.49. The largest absolute Gasteiger partial charge is 0.465 e. The van der Waals surface area contributed by atoms with Gasteiger partial charge in [-0.2, -0.15) is 0 Å². The van der Waals surface area contributed by atoms with Crippen LogP contribution in [0.15, 0.2) is 97.2 Å². The van der Waals surface area contributed by atoms with E-state index in [-0.39, 0.29) is 44.3 Å². The SMILES string of the molecule is CCC(C)COC(=O)C[C@H](O)[C@H](CC(C)C)NC(=O)C(Cc1ccccn1)NC(=O)[C@H](Cc1cccc2ccccc12)NC(=O)OCc1ccccc1. The molecule has 0 radical (unpaired) electrons. The molecule has 4 N–H and O–H groups in total. The zero-order valence-corrected chi connectivity index (χ0v) is 31.0. The number of carbonyl (C=O) groups excluding carboxylic acids is 4. The van der Waals surface area contributed by atoms with Crippen LogP contribution in [0.5, 0.6) is 0 Å². The van der Waals surface area contributed by atoms with Gasteiger partial charge in [-0.1, -0.05) is 113 Å². The summed E-state index contributed by atoms with van der Waals surface area (Å²) in [4.78, 5) is 58.4. The molecule has 11 heteroatoms. The summed E-state index contributed by atoms with van der Waals surface area (Å²) < 4.78 is 10.8. The summed E-state index contributed by atoms with van der Waals surface area (Å²) in [6, 6.07) is 24.9. The number of amides is 3. The maximum Gasteiger partial charge on any atom is 0.408 e. The number of nitrogens with one attached hydrogen (secondary N) is 3. The summed E-state index contributed by atoms with van der Waals surface area (Å²) in [6.45, 7) is 8.11. The van der Waals surface area contributed by atoms with Gasteiger partial charge in [0.25, 0.3) is 0 Å². The number of pyridine rings is 1. The lowest BCUT2D eigenvalue weighted by molar-refractivity contribution is -0.148. The van der Waals surface area contributed by atoms with E-state index in [2.05, 4.69) is 20.9 Å². The van der Waals surface area contributed by atoms with E-state index in [1.54, 1.807) is 24.4 Å². The highest BCUT2D eigenvalue weighted by molar-refractivity contribution is 5.93. The monoisotopic (exact) mass is 724 g/mol. The number of aromatic nitrogens is 1. The normalized spacial score (nSPS) is 14.0. The van der Waals surface area contributed by atoms with Crippen molar-refractivity contribution in [3.63, 3.8) is 0 Å². The van der Waals surface area contributed by atoms with Gasteiger partial charge in [0.05, 0.1) is 25.2 Å². The maximum atomic E-state index is 14.2. The van der Waals surface area contributed by atoms with Crippen molar-refractivity contribution >= 4 is 34.6 Å². The van der Waals surface area contributed by atoms with Gasteiger partial charge in [0, 0.05) is 24.7 Å². The molecule has 4 rings (SSSR count). The molecule has 5 atom stereocenters. The molecular formula is C42H52N4O7. The van der Waals surface area contributed by atoms with Crippen molar-refractivity contribution in [1.82, 2.24) is 20.9 Å². The number of hydrogen-bond donors (Lipinski definition) is 4. The Kier molecular flexibility index (Phi) is 15.8. The van der Waals surface area contributed by atoms with Gasteiger partial charge in [-0.05, 0) is 52.3 Å². The van der Waals surface area contributed by atoms with Gasteiger partial charge < -0.3 is 30.5 Å². The zero-order chi connectivity index (χ0) is 38.2. The minimum absolute atomic E-state index is 0.00469. The molecule has 53 heavy (non-hydrogen) atoms. The van der Waals surface area contributed by atoms with Gasteiger partial charge in [-0.25, -0.2) is 4.79 Å². The van der Waals surface area contributed by atoms with Crippen molar-refractivity contribution in [3.05, 3.63) is 114 Å². The number of carbonyl (C=O) groups is 4. The fourth-order valence-electron chi connectivity index (χ4n) is 5.84. The van der Waals surface area contributed by atoms with E-state index < -0.39 is 48.1 Å². The van der Waals surface area contributed by atoms with Crippen LogP contribution in [0.4, 0.5) is 4.79 Å². The molecule has 0 spiro atoms. The third-order valence-corrected chi connectivity index (χ3v) is 9.02. The van der Waals surface area contributed by atoms with E-state index in [9.17, 15) is 24.3 Å². The lowest BCUT2D eigenvalue weighted by Gasteiger charge is -2.29. The molecule has 4 aromatic rings. The van der Waals surface area contributed by atoms with Crippen LogP contribution in [0.3, 0.4) is 0 Å². The molecule has 2 unspecified atom stereocenters. The van der Waals surface area contributed by atoms with Gasteiger partial charge in [-0.3, -0.25) is 19.4 Å². The summed E-state index contributed by atoms with van der Waals surface area (Å²) >= 11 is 0. The fraction of sp³-hybridized carbons (Fsp3) is 0.405. The number of nitrogens with zero attached hydrogens (tertiary/aromatic N) is 1. The number of esters is 1. The Morgan fingerprint density at radius 3 is 2.15 bits per heavy atom. The number of ether oxygens (including phenoxy) is 2. The van der Waals surface area contributed by atoms with Crippen LogP contribution in [-0.2, 0) is 43.3 Å². The Bertz CT molecular complexity index is 1760. The topological polar surface area (TPSA) is 156 Å². The Morgan fingerprint density at radius 2 is 1.43 bits per heavy atom. The summed E-state index contributed by atoms with van der Waals surface area (Å²) in [5.41, 5.74) is 2.15. The first-order valence-electron chi connectivity index (χ1n) is 18.3. The quantitative estimate of drug-likeness (QED) is 0.0902. The first-order valence-corrected chi connectivity index (χ1v) is 18.3. The maximum absolute atomic E-state index is 14.2. The number of alkyl carbamates (subject to hydrolysis) is 1.